The van der Waals surface area contributed by atoms with Crippen LogP contribution in [0.2, 0.25) is 0 Å². The van der Waals surface area contributed by atoms with E-state index in [1.165, 1.54) is 49.5 Å². The second-order valence-corrected chi connectivity index (χ2v) is 9.52. The normalized spacial score (nSPS) is 20.4. The molecule has 1 aliphatic heterocycles. The molecule has 6 heteroatoms. The van der Waals surface area contributed by atoms with Gasteiger partial charge in [0.2, 0.25) is 0 Å². The van der Waals surface area contributed by atoms with Crippen LogP contribution < -0.4 is 10.6 Å². The van der Waals surface area contributed by atoms with Gasteiger partial charge in [-0.25, -0.2) is 4.98 Å². The van der Waals surface area contributed by atoms with Crippen LogP contribution in [-0.2, 0) is 11.8 Å². The van der Waals surface area contributed by atoms with Gasteiger partial charge in [0.25, 0.3) is 0 Å². The maximum absolute atomic E-state index is 4.79. The summed E-state index contributed by atoms with van der Waals surface area (Å²) in [4.78, 5) is 12.2. The lowest BCUT2D eigenvalue weighted by Crippen LogP contribution is -2.49. The molecular formula is C20H35N5S. The summed E-state index contributed by atoms with van der Waals surface area (Å²) in [5.41, 5.74) is 1.32. The molecule has 0 unspecified atom stereocenters. The van der Waals surface area contributed by atoms with Gasteiger partial charge < -0.3 is 15.5 Å². The molecule has 146 valence electrons. The number of rotatable bonds is 6. The van der Waals surface area contributed by atoms with Crippen LogP contribution in [-0.4, -0.2) is 54.1 Å². The first-order valence-electron chi connectivity index (χ1n) is 10.2. The Morgan fingerprint density at radius 1 is 1.27 bits per heavy atom. The van der Waals surface area contributed by atoms with Crippen LogP contribution in [0.1, 0.15) is 64.1 Å². The summed E-state index contributed by atoms with van der Waals surface area (Å²) in [5, 5.41) is 10.4. The van der Waals surface area contributed by atoms with Crippen LogP contribution in [0.25, 0.3) is 0 Å². The number of nitrogens with one attached hydrogen (secondary N) is 2. The van der Waals surface area contributed by atoms with E-state index in [1.54, 1.807) is 11.3 Å². The van der Waals surface area contributed by atoms with Gasteiger partial charge in [-0.05, 0) is 32.6 Å². The second-order valence-electron chi connectivity index (χ2n) is 8.57. The lowest BCUT2D eigenvalue weighted by Gasteiger charge is -2.33. The monoisotopic (exact) mass is 377 g/mol. The summed E-state index contributed by atoms with van der Waals surface area (Å²) in [5.74, 6) is 0.963. The highest BCUT2D eigenvalue weighted by molar-refractivity contribution is 7.09. The third kappa shape index (κ3) is 5.68. The average Bonchev–Trinajstić information content (AvgIpc) is 3.33. The fourth-order valence-electron chi connectivity index (χ4n) is 3.40. The molecule has 1 aliphatic carbocycles. The fraction of sp³-hybridized carbons (Fsp3) is 0.800. The van der Waals surface area contributed by atoms with Gasteiger partial charge in [0.1, 0.15) is 0 Å². The topological polar surface area (TPSA) is 52.6 Å². The Balaban J connectivity index is 1.46. The molecule has 0 atom stereocenters. The van der Waals surface area contributed by atoms with Crippen molar-refractivity contribution in [1.82, 2.24) is 20.5 Å². The van der Waals surface area contributed by atoms with Crippen LogP contribution in [0.5, 0.6) is 0 Å². The van der Waals surface area contributed by atoms with E-state index in [4.69, 9.17) is 9.98 Å². The first-order valence-corrected chi connectivity index (χ1v) is 11.1. The quantitative estimate of drug-likeness (QED) is 0.591. The first kappa shape index (κ1) is 19.6. The van der Waals surface area contributed by atoms with Crippen LogP contribution in [0.4, 0.5) is 0 Å². The Hall–Kier alpha value is -1.14. The molecule has 2 N–H and O–H groups in total. The Morgan fingerprint density at radius 3 is 2.58 bits per heavy atom. The SMILES string of the molecule is CCNC(=NCCc1nc(C(C)(C)C)cs1)NC1CCN(C2CC2)CC1. The van der Waals surface area contributed by atoms with Crippen molar-refractivity contribution in [3.05, 3.63) is 16.1 Å². The summed E-state index contributed by atoms with van der Waals surface area (Å²) >= 11 is 1.76. The molecule has 3 rings (SSSR count). The van der Waals surface area contributed by atoms with Gasteiger partial charge in [-0.2, -0.15) is 0 Å². The van der Waals surface area contributed by atoms with Crippen molar-refractivity contribution in [2.75, 3.05) is 26.2 Å². The number of guanidine groups is 1. The van der Waals surface area contributed by atoms with Crippen molar-refractivity contribution in [3.8, 4) is 0 Å². The molecule has 0 spiro atoms. The predicted molar refractivity (Wildman–Crippen MR) is 111 cm³/mol. The summed E-state index contributed by atoms with van der Waals surface area (Å²) in [6.07, 6.45) is 6.19. The molecule has 1 saturated carbocycles. The Bertz CT molecular complexity index is 592. The van der Waals surface area contributed by atoms with Crippen LogP contribution in [0.15, 0.2) is 10.4 Å². The lowest BCUT2D eigenvalue weighted by atomic mass is 9.93. The maximum Gasteiger partial charge on any atom is 0.191 e. The van der Waals surface area contributed by atoms with Crippen molar-refractivity contribution in [1.29, 1.82) is 0 Å². The van der Waals surface area contributed by atoms with E-state index in [-0.39, 0.29) is 5.41 Å². The third-order valence-corrected chi connectivity index (χ3v) is 6.10. The fourth-order valence-corrected chi connectivity index (χ4v) is 4.41. The standard InChI is InChI=1S/C20H35N5S/c1-5-21-19(23-15-9-12-25(13-10-15)16-6-7-16)22-11-8-18-24-17(14-26-18)20(2,3)4/h14-16H,5-13H2,1-4H3,(H2,21,22,23). The molecule has 1 aromatic rings. The van der Waals surface area contributed by atoms with E-state index < -0.39 is 0 Å². The van der Waals surface area contributed by atoms with Gasteiger partial charge >= 0.3 is 0 Å². The highest BCUT2D eigenvalue weighted by Gasteiger charge is 2.31. The number of hydrogen-bond donors (Lipinski definition) is 2. The van der Waals surface area contributed by atoms with Crippen LogP contribution in [0, 0.1) is 0 Å². The molecular weight excluding hydrogens is 342 g/mol. The Labute approximate surface area is 162 Å². The molecule has 0 aromatic carbocycles. The van der Waals surface area contributed by atoms with Crippen molar-refractivity contribution in [3.63, 3.8) is 0 Å². The van der Waals surface area contributed by atoms with E-state index >= 15 is 0 Å². The molecule has 0 radical (unpaired) electrons. The Morgan fingerprint density at radius 2 is 2.00 bits per heavy atom. The molecule has 0 bridgehead atoms. The predicted octanol–water partition coefficient (Wildman–Crippen LogP) is 3.17. The highest BCUT2D eigenvalue weighted by atomic mass is 32.1. The van der Waals surface area contributed by atoms with Crippen molar-refractivity contribution in [2.24, 2.45) is 4.99 Å². The molecule has 1 saturated heterocycles. The zero-order valence-corrected chi connectivity index (χ0v) is 17.7. The largest absolute Gasteiger partial charge is 0.357 e. The molecule has 2 fully saturated rings. The van der Waals surface area contributed by atoms with Crippen molar-refractivity contribution >= 4 is 17.3 Å². The van der Waals surface area contributed by atoms with E-state index in [1.807, 2.05) is 0 Å². The lowest BCUT2D eigenvalue weighted by molar-refractivity contribution is 0.197. The molecule has 1 aromatic heterocycles. The van der Waals surface area contributed by atoms with Crippen LogP contribution >= 0.6 is 11.3 Å². The average molecular weight is 378 g/mol. The molecule has 26 heavy (non-hydrogen) atoms. The van der Waals surface area contributed by atoms with Gasteiger partial charge in [0, 0.05) is 55.5 Å². The minimum Gasteiger partial charge on any atom is -0.357 e. The van der Waals surface area contributed by atoms with Gasteiger partial charge in [0.05, 0.1) is 10.7 Å². The maximum atomic E-state index is 4.79. The first-order chi connectivity index (χ1) is 12.5. The highest BCUT2D eigenvalue weighted by Crippen LogP contribution is 2.29. The van der Waals surface area contributed by atoms with Crippen molar-refractivity contribution < 1.29 is 0 Å². The molecule has 2 heterocycles. The van der Waals surface area contributed by atoms with Crippen molar-refractivity contribution in [2.45, 2.75) is 77.3 Å². The zero-order valence-electron chi connectivity index (χ0n) is 16.8. The number of likely N-dealkylation sites (tertiary alicyclic amines) is 1. The van der Waals surface area contributed by atoms with E-state index in [9.17, 15) is 0 Å². The van der Waals surface area contributed by atoms with Gasteiger partial charge in [-0.3, -0.25) is 4.99 Å². The number of aromatic nitrogens is 1. The number of thiazole rings is 1. The number of aliphatic imine (C=N–C) groups is 1. The third-order valence-electron chi connectivity index (χ3n) is 5.19. The number of piperidine rings is 1. The number of hydrogen-bond acceptors (Lipinski definition) is 4. The second kappa shape index (κ2) is 8.70. The van der Waals surface area contributed by atoms with Gasteiger partial charge in [-0.15, -0.1) is 11.3 Å². The number of nitrogens with zero attached hydrogens (tertiary/aromatic N) is 3. The van der Waals surface area contributed by atoms with E-state index in [0.717, 1.165) is 31.5 Å². The molecule has 5 nitrogen and oxygen atoms in total. The Kier molecular flexibility index (Phi) is 6.56. The summed E-state index contributed by atoms with van der Waals surface area (Å²) in [6.45, 7) is 12.9. The minimum absolute atomic E-state index is 0.129. The summed E-state index contributed by atoms with van der Waals surface area (Å²) < 4.78 is 0. The minimum atomic E-state index is 0.129. The van der Waals surface area contributed by atoms with E-state index in [0.29, 0.717) is 6.04 Å². The summed E-state index contributed by atoms with van der Waals surface area (Å²) in [6, 6.07) is 1.45. The summed E-state index contributed by atoms with van der Waals surface area (Å²) in [7, 11) is 0. The zero-order chi connectivity index (χ0) is 18.6. The molecule has 0 amide bonds. The van der Waals surface area contributed by atoms with Crippen LogP contribution in [0.3, 0.4) is 0 Å². The van der Waals surface area contributed by atoms with Gasteiger partial charge in [-0.1, -0.05) is 20.8 Å². The van der Waals surface area contributed by atoms with E-state index in [2.05, 4.69) is 48.6 Å². The van der Waals surface area contributed by atoms with Gasteiger partial charge in [0.15, 0.2) is 5.96 Å². The molecule has 2 aliphatic rings. The smallest absolute Gasteiger partial charge is 0.191 e.